The van der Waals surface area contributed by atoms with Gasteiger partial charge in [0.25, 0.3) is 5.91 Å². The maximum atomic E-state index is 12.7. The maximum absolute atomic E-state index is 12.7. The molecule has 26 heavy (non-hydrogen) atoms. The average molecular weight is 353 g/mol. The van der Waals surface area contributed by atoms with Crippen molar-refractivity contribution in [3.63, 3.8) is 0 Å². The fourth-order valence-electron chi connectivity index (χ4n) is 2.48. The first-order chi connectivity index (χ1) is 12.6. The number of nitrogens with zero attached hydrogens (tertiary/aromatic N) is 3. The lowest BCUT2D eigenvalue weighted by Crippen LogP contribution is -2.26. The van der Waals surface area contributed by atoms with E-state index in [1.165, 1.54) is 12.0 Å². The van der Waals surface area contributed by atoms with Gasteiger partial charge in [0, 0.05) is 18.7 Å². The van der Waals surface area contributed by atoms with Crippen LogP contribution < -0.4 is 9.47 Å². The molecule has 0 radical (unpaired) electrons. The highest BCUT2D eigenvalue weighted by molar-refractivity contribution is 5.97. The molecule has 0 atom stereocenters. The normalized spacial score (nSPS) is 10.4. The smallest absolute Gasteiger partial charge is 0.257 e. The number of methoxy groups -OCH3 is 2. The van der Waals surface area contributed by atoms with Crippen molar-refractivity contribution in [2.45, 2.75) is 6.54 Å². The molecule has 0 aliphatic carbocycles. The second-order valence-corrected chi connectivity index (χ2v) is 5.61. The Kier molecular flexibility index (Phi) is 5.17. The van der Waals surface area contributed by atoms with E-state index < -0.39 is 0 Å². The number of carbonyl (C=O) groups is 1. The summed E-state index contributed by atoms with van der Waals surface area (Å²) in [5, 5.41) is 3.96. The van der Waals surface area contributed by atoms with Crippen molar-refractivity contribution in [1.82, 2.24) is 15.0 Å². The van der Waals surface area contributed by atoms with Crippen LogP contribution in [0.2, 0.25) is 0 Å². The Labute approximate surface area is 151 Å². The van der Waals surface area contributed by atoms with E-state index in [0.29, 0.717) is 28.8 Å². The predicted octanol–water partition coefficient (Wildman–Crippen LogP) is 3.03. The molecule has 1 aromatic heterocycles. The fourth-order valence-corrected chi connectivity index (χ4v) is 2.48. The number of hydrogen-bond donors (Lipinski definition) is 0. The van der Waals surface area contributed by atoms with E-state index in [9.17, 15) is 4.79 Å². The van der Waals surface area contributed by atoms with Gasteiger partial charge in [0.2, 0.25) is 11.7 Å². The highest BCUT2D eigenvalue weighted by atomic mass is 16.5. The molecule has 0 saturated heterocycles. The van der Waals surface area contributed by atoms with Crippen molar-refractivity contribution in [2.75, 3.05) is 21.3 Å². The summed E-state index contributed by atoms with van der Waals surface area (Å²) in [5.74, 6) is 1.68. The van der Waals surface area contributed by atoms with Gasteiger partial charge >= 0.3 is 0 Å². The van der Waals surface area contributed by atoms with Gasteiger partial charge in [0.05, 0.1) is 19.8 Å². The van der Waals surface area contributed by atoms with Gasteiger partial charge in [-0.15, -0.1) is 0 Å². The summed E-state index contributed by atoms with van der Waals surface area (Å²) >= 11 is 0. The molecule has 7 heteroatoms. The molecule has 0 aliphatic heterocycles. The van der Waals surface area contributed by atoms with Crippen molar-refractivity contribution in [2.24, 2.45) is 0 Å². The summed E-state index contributed by atoms with van der Waals surface area (Å²) in [6.07, 6.45) is 0. The minimum absolute atomic E-state index is 0.188. The van der Waals surface area contributed by atoms with Gasteiger partial charge in [-0.05, 0) is 12.1 Å². The first-order valence-corrected chi connectivity index (χ1v) is 7.98. The van der Waals surface area contributed by atoms with Crippen LogP contribution in [0.25, 0.3) is 11.4 Å². The number of carbonyl (C=O) groups excluding carboxylic acids is 1. The molecule has 7 nitrogen and oxygen atoms in total. The van der Waals surface area contributed by atoms with Crippen molar-refractivity contribution in [3.05, 3.63) is 60.0 Å². The third-order valence-electron chi connectivity index (χ3n) is 3.86. The van der Waals surface area contributed by atoms with Crippen LogP contribution in [-0.2, 0) is 6.54 Å². The van der Waals surface area contributed by atoms with Crippen LogP contribution in [0, 0.1) is 0 Å². The standard InChI is InChI=1S/C19H19N3O4/c1-22(19(23)15-10-9-14(24-2)11-16(15)25-3)12-17-20-18(21-26-17)13-7-5-4-6-8-13/h4-11H,12H2,1-3H3. The van der Waals surface area contributed by atoms with Crippen molar-refractivity contribution < 1.29 is 18.8 Å². The molecule has 0 fully saturated rings. The summed E-state index contributed by atoms with van der Waals surface area (Å²) < 4.78 is 15.7. The second kappa shape index (κ2) is 7.69. The number of benzene rings is 2. The third kappa shape index (κ3) is 3.66. The fraction of sp³-hybridized carbons (Fsp3) is 0.211. The zero-order valence-corrected chi connectivity index (χ0v) is 14.8. The van der Waals surface area contributed by atoms with E-state index in [-0.39, 0.29) is 12.5 Å². The molecule has 0 saturated carbocycles. The van der Waals surface area contributed by atoms with Crippen LogP contribution >= 0.6 is 0 Å². The average Bonchev–Trinajstić information content (AvgIpc) is 3.16. The van der Waals surface area contributed by atoms with E-state index >= 15 is 0 Å². The van der Waals surface area contributed by atoms with Crippen LogP contribution in [0.3, 0.4) is 0 Å². The first kappa shape index (κ1) is 17.5. The van der Waals surface area contributed by atoms with Crippen molar-refractivity contribution >= 4 is 5.91 Å². The van der Waals surface area contributed by atoms with Gasteiger partial charge in [0.15, 0.2) is 0 Å². The summed E-state index contributed by atoms with van der Waals surface area (Å²) in [7, 11) is 4.73. The Morgan fingerprint density at radius 2 is 1.88 bits per heavy atom. The van der Waals surface area contributed by atoms with Crippen LogP contribution in [0.1, 0.15) is 16.2 Å². The minimum Gasteiger partial charge on any atom is -0.497 e. The molecule has 0 aliphatic rings. The van der Waals surface area contributed by atoms with E-state index in [4.69, 9.17) is 14.0 Å². The summed E-state index contributed by atoms with van der Waals surface area (Å²) in [6, 6.07) is 14.6. The van der Waals surface area contributed by atoms with E-state index in [2.05, 4.69) is 10.1 Å². The quantitative estimate of drug-likeness (QED) is 0.678. The van der Waals surface area contributed by atoms with Gasteiger partial charge in [-0.25, -0.2) is 0 Å². The highest BCUT2D eigenvalue weighted by Crippen LogP contribution is 2.26. The number of aromatic nitrogens is 2. The number of amides is 1. The molecular weight excluding hydrogens is 334 g/mol. The largest absolute Gasteiger partial charge is 0.497 e. The van der Waals surface area contributed by atoms with Gasteiger partial charge in [-0.2, -0.15) is 4.98 Å². The molecule has 0 spiro atoms. The SMILES string of the molecule is COc1ccc(C(=O)N(C)Cc2nc(-c3ccccc3)no2)c(OC)c1. The molecule has 134 valence electrons. The van der Waals surface area contributed by atoms with E-state index in [1.54, 1.807) is 32.4 Å². The van der Waals surface area contributed by atoms with Crippen molar-refractivity contribution in [1.29, 1.82) is 0 Å². The number of rotatable bonds is 6. The molecule has 3 aromatic rings. The molecule has 2 aromatic carbocycles. The second-order valence-electron chi connectivity index (χ2n) is 5.61. The summed E-state index contributed by atoms with van der Waals surface area (Å²) in [4.78, 5) is 18.6. The van der Waals surface area contributed by atoms with Crippen LogP contribution in [-0.4, -0.2) is 42.2 Å². The van der Waals surface area contributed by atoms with Crippen molar-refractivity contribution in [3.8, 4) is 22.9 Å². The van der Waals surface area contributed by atoms with Gasteiger partial charge < -0.3 is 18.9 Å². The van der Waals surface area contributed by atoms with Crippen LogP contribution in [0.4, 0.5) is 0 Å². The Bertz CT molecular complexity index is 893. The maximum Gasteiger partial charge on any atom is 0.257 e. The van der Waals surface area contributed by atoms with Crippen LogP contribution in [0.5, 0.6) is 11.5 Å². The van der Waals surface area contributed by atoms with E-state index in [1.807, 2.05) is 30.3 Å². The zero-order chi connectivity index (χ0) is 18.5. The van der Waals surface area contributed by atoms with Gasteiger partial charge in [-0.3, -0.25) is 4.79 Å². The number of hydrogen-bond acceptors (Lipinski definition) is 6. The molecule has 3 rings (SSSR count). The Hall–Kier alpha value is -3.35. The van der Waals surface area contributed by atoms with Crippen LogP contribution in [0.15, 0.2) is 53.1 Å². The molecule has 0 bridgehead atoms. The third-order valence-corrected chi connectivity index (χ3v) is 3.86. The molecule has 0 unspecified atom stereocenters. The molecule has 1 amide bonds. The Morgan fingerprint density at radius 1 is 1.12 bits per heavy atom. The zero-order valence-electron chi connectivity index (χ0n) is 14.8. The molecule has 0 N–H and O–H groups in total. The lowest BCUT2D eigenvalue weighted by molar-refractivity contribution is 0.0766. The predicted molar refractivity (Wildman–Crippen MR) is 95.1 cm³/mol. The molecular formula is C19H19N3O4. The lowest BCUT2D eigenvalue weighted by atomic mass is 10.1. The van der Waals surface area contributed by atoms with Gasteiger partial charge in [0.1, 0.15) is 18.0 Å². The Morgan fingerprint density at radius 3 is 2.58 bits per heavy atom. The summed E-state index contributed by atoms with van der Waals surface area (Å²) in [5.41, 5.74) is 1.28. The topological polar surface area (TPSA) is 77.7 Å². The minimum atomic E-state index is -0.219. The lowest BCUT2D eigenvalue weighted by Gasteiger charge is -2.17. The monoisotopic (exact) mass is 353 g/mol. The summed E-state index contributed by atoms with van der Waals surface area (Å²) in [6.45, 7) is 0.188. The first-order valence-electron chi connectivity index (χ1n) is 7.98. The Balaban J connectivity index is 1.75. The van der Waals surface area contributed by atoms with E-state index in [0.717, 1.165) is 5.56 Å². The number of ether oxygens (including phenoxy) is 2. The highest BCUT2D eigenvalue weighted by Gasteiger charge is 2.20. The van der Waals surface area contributed by atoms with Gasteiger partial charge in [-0.1, -0.05) is 35.5 Å². The molecule has 1 heterocycles.